The van der Waals surface area contributed by atoms with Gasteiger partial charge in [-0.05, 0) is 52.9 Å². The number of nitrogens with zero attached hydrogens (tertiary/aromatic N) is 2. The van der Waals surface area contributed by atoms with Crippen molar-refractivity contribution in [2.24, 2.45) is 4.99 Å². The average molecular weight is 513 g/mol. The van der Waals surface area contributed by atoms with E-state index in [0.717, 1.165) is 45.6 Å². The van der Waals surface area contributed by atoms with E-state index in [0.29, 0.717) is 11.3 Å². The number of allylic oxidation sites excluding steroid dienone is 2. The summed E-state index contributed by atoms with van der Waals surface area (Å²) >= 11 is 0. The quantitative estimate of drug-likeness (QED) is 0.0781. The van der Waals surface area contributed by atoms with Crippen LogP contribution in [-0.2, 0) is 19.1 Å². The van der Waals surface area contributed by atoms with E-state index in [-0.39, 0.29) is 6.42 Å². The zero-order valence-electron chi connectivity index (χ0n) is 26.2. The molecule has 36 heavy (non-hydrogen) atoms. The first kappa shape index (κ1) is 28.2. The van der Waals surface area contributed by atoms with Crippen molar-refractivity contribution in [1.29, 1.82) is 0 Å². The van der Waals surface area contributed by atoms with Crippen LogP contribution in [0, 0.1) is 0 Å². The molecular weight excluding hydrogens is 458 g/mol. The lowest BCUT2D eigenvalue weighted by atomic mass is 10.1. The van der Waals surface area contributed by atoms with Crippen molar-refractivity contribution in [2.45, 2.75) is 123 Å². The van der Waals surface area contributed by atoms with Crippen molar-refractivity contribution in [3.05, 3.63) is 12.2 Å². The Hall–Kier alpha value is -2.38. The number of likely N-dealkylation sites (N-methyl/N-ethyl adjacent to an activating group) is 1. The molecule has 2 amide bonds. The molecule has 0 aromatic rings. The van der Waals surface area contributed by atoms with Crippen LogP contribution < -0.4 is 5.32 Å². The molecule has 0 saturated heterocycles. The lowest BCUT2D eigenvalue weighted by Crippen LogP contribution is -2.45. The van der Waals surface area contributed by atoms with Gasteiger partial charge in [0.05, 0.1) is 7.11 Å². The minimum absolute atomic E-state index is 0.124. The Balaban J connectivity index is 4.61. The highest BCUT2D eigenvalue weighted by Crippen LogP contribution is 2.11. The summed E-state index contributed by atoms with van der Waals surface area (Å²) in [7, 11) is 1.11. The van der Waals surface area contributed by atoms with Crippen molar-refractivity contribution in [1.82, 2.24) is 10.2 Å². The molecule has 208 valence electrons. The number of carbonyl (C=O) groups is 3. The molecule has 0 heterocycles. The summed E-state index contributed by atoms with van der Waals surface area (Å²) in [6, 6.07) is 0. The van der Waals surface area contributed by atoms with E-state index in [9.17, 15) is 14.4 Å². The highest BCUT2D eigenvalue weighted by molar-refractivity contribution is 6.01. The van der Waals surface area contributed by atoms with Gasteiger partial charge in [0.15, 0.2) is 0 Å². The first-order valence-corrected chi connectivity index (χ1v) is 13.4. The topological polar surface area (TPSA) is 97.3 Å². The average Bonchev–Trinajstić information content (AvgIpc) is 2.82. The Labute approximate surface area is 223 Å². The van der Waals surface area contributed by atoms with Crippen molar-refractivity contribution in [3.63, 3.8) is 0 Å². The third-order valence-electron chi connectivity index (χ3n) is 5.28. The Bertz CT molecular complexity index is 777. The molecule has 0 radical (unpaired) electrons. The summed E-state index contributed by atoms with van der Waals surface area (Å²) in [5.41, 5.74) is -0.882. The zero-order chi connectivity index (χ0) is 29.7. The Morgan fingerprint density at radius 3 is 2.00 bits per heavy atom. The molecule has 0 aliphatic heterocycles. The molecule has 8 heteroatoms. The molecule has 0 unspecified atom stereocenters. The van der Waals surface area contributed by atoms with Crippen LogP contribution in [-0.4, -0.2) is 55.1 Å². The van der Waals surface area contributed by atoms with Gasteiger partial charge >= 0.3 is 12.1 Å². The van der Waals surface area contributed by atoms with Gasteiger partial charge in [0.2, 0.25) is 11.9 Å². The predicted octanol–water partition coefficient (Wildman–Crippen LogP) is 6.54. The van der Waals surface area contributed by atoms with E-state index in [1.807, 2.05) is 0 Å². The van der Waals surface area contributed by atoms with Crippen molar-refractivity contribution in [3.8, 4) is 0 Å². The number of aliphatic imine (C=N–C) groups is 1. The minimum Gasteiger partial charge on any atom is -0.468 e. The van der Waals surface area contributed by atoms with Gasteiger partial charge < -0.3 is 14.4 Å². The number of esters is 1. The molecule has 0 bridgehead atoms. The summed E-state index contributed by atoms with van der Waals surface area (Å²) < 4.78 is 32.9. The highest BCUT2D eigenvalue weighted by Gasteiger charge is 2.20. The van der Waals surface area contributed by atoms with Crippen LogP contribution in [0.25, 0.3) is 0 Å². The number of rotatable bonds is 17. The number of unbranched alkanes of at least 4 members (excludes halogenated alkanes) is 11. The van der Waals surface area contributed by atoms with Gasteiger partial charge in [0.25, 0.3) is 0 Å². The number of ether oxygens (including phenoxy) is 2. The second kappa shape index (κ2) is 20.8. The van der Waals surface area contributed by atoms with Crippen molar-refractivity contribution in [2.75, 3.05) is 20.6 Å². The van der Waals surface area contributed by atoms with Crippen LogP contribution in [0.15, 0.2) is 17.1 Å². The Kier molecular flexibility index (Phi) is 16.3. The molecule has 0 rings (SSSR count). The van der Waals surface area contributed by atoms with E-state index in [1.54, 1.807) is 20.8 Å². The van der Waals surface area contributed by atoms with E-state index < -0.39 is 43.1 Å². The van der Waals surface area contributed by atoms with Crippen LogP contribution in [0.1, 0.15) is 122 Å². The molecule has 1 N–H and O–H groups in total. The fourth-order valence-corrected chi connectivity index (χ4v) is 3.34. The Morgan fingerprint density at radius 1 is 0.917 bits per heavy atom. The van der Waals surface area contributed by atoms with Crippen molar-refractivity contribution < 1.29 is 28.0 Å². The van der Waals surface area contributed by atoms with Crippen LogP contribution in [0.4, 0.5) is 4.79 Å². The maximum absolute atomic E-state index is 12.6. The summed E-state index contributed by atoms with van der Waals surface area (Å²) in [6.07, 6.45) is 18.3. The van der Waals surface area contributed by atoms with E-state index in [1.165, 1.54) is 38.5 Å². The van der Waals surface area contributed by atoms with Crippen LogP contribution >= 0.6 is 0 Å². The predicted molar refractivity (Wildman–Crippen MR) is 146 cm³/mol. The first-order chi connectivity index (χ1) is 18.3. The van der Waals surface area contributed by atoms with E-state index in [4.69, 9.17) is 8.85 Å². The Morgan fingerprint density at radius 2 is 1.47 bits per heavy atom. The minimum atomic E-state index is -2.87. The van der Waals surface area contributed by atoms with Crippen LogP contribution in [0.2, 0.25) is 0 Å². The lowest BCUT2D eigenvalue weighted by Gasteiger charge is -2.22. The second-order valence-electron chi connectivity index (χ2n) is 9.96. The normalized spacial score (nSPS) is 13.6. The first-order valence-electron chi connectivity index (χ1n) is 14.9. The third-order valence-corrected chi connectivity index (χ3v) is 5.28. The van der Waals surface area contributed by atoms with Gasteiger partial charge in [0, 0.05) is 17.5 Å². The number of hydrogen-bond donors (Lipinski definition) is 1. The fourth-order valence-electron chi connectivity index (χ4n) is 3.34. The molecule has 0 fully saturated rings. The summed E-state index contributed by atoms with van der Waals surface area (Å²) in [4.78, 5) is 40.8. The number of hydrogen-bond acceptors (Lipinski definition) is 5. The highest BCUT2D eigenvalue weighted by atomic mass is 16.6. The smallest absolute Gasteiger partial charge is 0.437 e. The largest absolute Gasteiger partial charge is 0.468 e. The molecule has 0 aromatic heterocycles. The van der Waals surface area contributed by atoms with Gasteiger partial charge in [-0.3, -0.25) is 14.9 Å². The molecule has 0 aliphatic carbocycles. The zero-order valence-corrected chi connectivity index (χ0v) is 23.2. The molecule has 0 aromatic carbocycles. The fraction of sp³-hybridized carbons (Fsp3) is 0.786. The summed E-state index contributed by atoms with van der Waals surface area (Å²) in [5, 5.41) is 2.38. The maximum Gasteiger partial charge on any atom is 0.437 e. The van der Waals surface area contributed by atoms with Crippen LogP contribution in [0.5, 0.6) is 0 Å². The third kappa shape index (κ3) is 20.9. The van der Waals surface area contributed by atoms with Crippen molar-refractivity contribution >= 4 is 23.9 Å². The summed E-state index contributed by atoms with van der Waals surface area (Å²) in [5.74, 6) is -1.95. The van der Waals surface area contributed by atoms with Gasteiger partial charge in [-0.1, -0.05) is 70.4 Å². The van der Waals surface area contributed by atoms with Crippen LogP contribution in [0.3, 0.4) is 0 Å². The second-order valence-corrected chi connectivity index (χ2v) is 9.96. The number of guanidine groups is 1. The SMILES string of the molecule is [2H]C([2H])([2H])N(CC(=O)OC)/C(=N\C(=O)OC(C)(C)C)NC(=O)CCCCCCC/C=C\CCCCCCCC. The lowest BCUT2D eigenvalue weighted by molar-refractivity contribution is -0.140. The van der Waals surface area contributed by atoms with Gasteiger partial charge in [0.1, 0.15) is 12.1 Å². The molecular formula is C28H51N3O5. The molecule has 0 aliphatic rings. The monoisotopic (exact) mass is 512 g/mol. The number of amides is 2. The maximum atomic E-state index is 12.6. The van der Waals surface area contributed by atoms with Gasteiger partial charge in [-0.15, -0.1) is 4.99 Å². The number of nitrogens with one attached hydrogen (secondary N) is 1. The standard InChI is InChI=1S/C28H51N3O5/c1-7-8-9-10-11-12-13-14-15-16-17-18-19-20-21-22-24(32)29-26(31(5)23-25(33)35-6)30-27(34)36-28(2,3)4/h14-15H,7-13,16-23H2,1-6H3,(H,29,30,32,34)/b15-14-/i5D3. The summed E-state index contributed by atoms with van der Waals surface area (Å²) in [6.45, 7) is 3.51. The molecule has 0 saturated carbocycles. The van der Waals surface area contributed by atoms with Gasteiger partial charge in [-0.25, -0.2) is 4.79 Å². The molecule has 0 spiro atoms. The van der Waals surface area contributed by atoms with Gasteiger partial charge in [-0.2, -0.15) is 0 Å². The molecule has 8 nitrogen and oxygen atoms in total. The van der Waals surface area contributed by atoms with E-state index >= 15 is 0 Å². The number of carbonyl (C=O) groups excluding carboxylic acids is 3. The number of methoxy groups -OCH3 is 1. The van der Waals surface area contributed by atoms with E-state index in [2.05, 4.69) is 34.1 Å². The molecule has 0 atom stereocenters.